The second-order valence-electron chi connectivity index (χ2n) is 7.98. The van der Waals surface area contributed by atoms with Gasteiger partial charge in [0.1, 0.15) is 12.4 Å². The lowest BCUT2D eigenvalue weighted by Gasteiger charge is -2.46. The van der Waals surface area contributed by atoms with Crippen molar-refractivity contribution in [1.82, 2.24) is 25.1 Å². The number of benzene rings is 1. The van der Waals surface area contributed by atoms with E-state index >= 15 is 0 Å². The van der Waals surface area contributed by atoms with E-state index in [1.54, 1.807) is 6.07 Å². The molecule has 0 radical (unpaired) electrons. The summed E-state index contributed by atoms with van der Waals surface area (Å²) in [7, 11) is 0. The highest BCUT2D eigenvalue weighted by atomic mass is 35.5. The molecule has 3 aliphatic rings. The second-order valence-corrected chi connectivity index (χ2v) is 8.32. The van der Waals surface area contributed by atoms with Gasteiger partial charge in [0.2, 0.25) is 17.1 Å². The molecule has 0 saturated carbocycles. The van der Waals surface area contributed by atoms with Gasteiger partial charge in [-0.15, -0.1) is 0 Å². The number of carbonyl (C=O) groups is 2. The van der Waals surface area contributed by atoms with Crippen molar-refractivity contribution in [3.8, 4) is 11.6 Å². The van der Waals surface area contributed by atoms with Gasteiger partial charge >= 0.3 is 6.03 Å². The molecule has 0 bridgehead atoms. The van der Waals surface area contributed by atoms with Crippen LogP contribution < -0.4 is 10.1 Å². The van der Waals surface area contributed by atoms with E-state index in [0.29, 0.717) is 43.7 Å². The molecule has 3 fully saturated rings. The number of likely N-dealkylation sites (tertiary alicyclic amines) is 2. The van der Waals surface area contributed by atoms with Gasteiger partial charge in [-0.05, 0) is 35.7 Å². The van der Waals surface area contributed by atoms with Crippen molar-refractivity contribution in [3.05, 3.63) is 47.4 Å². The summed E-state index contributed by atoms with van der Waals surface area (Å²) in [6.07, 6.45) is 2.29. The number of urea groups is 1. The zero-order valence-electron chi connectivity index (χ0n) is 16.7. The zero-order valence-corrected chi connectivity index (χ0v) is 17.5. The standard InChI is InChI=1S/C21H22ClN5O4/c22-20-23-7-5-19(25-20)31-15-3-1-13(2-4-15)14-9-27(10-14)21(29)26-8-6-17-16(11-26)24-18(28)12-30-17/h1-5,7,14,16-17H,6,8-12H2,(H,24,28)/t16-,17+/m1/s1. The third-order valence-corrected chi connectivity index (χ3v) is 6.10. The van der Waals surface area contributed by atoms with Crippen LogP contribution in [0.5, 0.6) is 11.6 Å². The highest BCUT2D eigenvalue weighted by Crippen LogP contribution is 2.31. The van der Waals surface area contributed by atoms with Gasteiger partial charge in [-0.25, -0.2) is 9.78 Å². The molecule has 5 rings (SSSR count). The molecule has 1 aromatic heterocycles. The molecule has 3 aliphatic heterocycles. The van der Waals surface area contributed by atoms with Crippen LogP contribution in [0.25, 0.3) is 0 Å². The first-order valence-electron chi connectivity index (χ1n) is 10.3. The van der Waals surface area contributed by atoms with Gasteiger partial charge in [0, 0.05) is 44.4 Å². The molecule has 0 spiro atoms. The number of nitrogens with one attached hydrogen (secondary N) is 1. The first-order chi connectivity index (χ1) is 15.0. The fraction of sp³-hybridized carbons (Fsp3) is 0.429. The number of hydrogen-bond donors (Lipinski definition) is 1. The number of halogens is 1. The van der Waals surface area contributed by atoms with E-state index in [0.717, 1.165) is 12.0 Å². The average Bonchev–Trinajstić information content (AvgIpc) is 2.73. The van der Waals surface area contributed by atoms with Gasteiger partial charge in [0.05, 0.1) is 12.1 Å². The van der Waals surface area contributed by atoms with Gasteiger partial charge in [-0.2, -0.15) is 4.98 Å². The van der Waals surface area contributed by atoms with Crippen molar-refractivity contribution in [2.45, 2.75) is 24.5 Å². The molecule has 10 heteroatoms. The number of rotatable bonds is 3. The molecule has 4 heterocycles. The molecular formula is C21H22ClN5O4. The topological polar surface area (TPSA) is 96.9 Å². The van der Waals surface area contributed by atoms with Crippen LogP contribution in [0, 0.1) is 0 Å². The summed E-state index contributed by atoms with van der Waals surface area (Å²) < 4.78 is 11.3. The molecule has 2 atom stereocenters. The van der Waals surface area contributed by atoms with Crippen LogP contribution in [-0.2, 0) is 9.53 Å². The maximum Gasteiger partial charge on any atom is 0.320 e. The largest absolute Gasteiger partial charge is 0.439 e. The van der Waals surface area contributed by atoms with Gasteiger partial charge in [-0.3, -0.25) is 4.79 Å². The van der Waals surface area contributed by atoms with Crippen molar-refractivity contribution in [3.63, 3.8) is 0 Å². The third-order valence-electron chi connectivity index (χ3n) is 5.92. The molecule has 1 N–H and O–H groups in total. The van der Waals surface area contributed by atoms with E-state index in [1.165, 1.54) is 6.20 Å². The molecule has 1 aromatic carbocycles. The third kappa shape index (κ3) is 4.28. The van der Waals surface area contributed by atoms with Gasteiger partial charge < -0.3 is 24.6 Å². The van der Waals surface area contributed by atoms with Crippen LogP contribution >= 0.6 is 11.6 Å². The number of hydrogen-bond acceptors (Lipinski definition) is 6. The van der Waals surface area contributed by atoms with Gasteiger partial charge in [0.15, 0.2) is 0 Å². The summed E-state index contributed by atoms with van der Waals surface area (Å²) in [5, 5.41) is 3.07. The Morgan fingerprint density at radius 2 is 1.97 bits per heavy atom. The Kier molecular flexibility index (Phi) is 5.37. The Morgan fingerprint density at radius 1 is 1.16 bits per heavy atom. The monoisotopic (exact) mass is 443 g/mol. The Labute approximate surface area is 184 Å². The van der Waals surface area contributed by atoms with Crippen LogP contribution in [0.15, 0.2) is 36.5 Å². The molecule has 3 amide bonds. The maximum absolute atomic E-state index is 12.9. The molecule has 2 aromatic rings. The lowest BCUT2D eigenvalue weighted by molar-refractivity contribution is -0.139. The number of piperidine rings is 1. The van der Waals surface area contributed by atoms with E-state index in [4.69, 9.17) is 21.1 Å². The number of amides is 3. The van der Waals surface area contributed by atoms with E-state index in [1.807, 2.05) is 34.1 Å². The minimum absolute atomic E-state index is 0.00463. The van der Waals surface area contributed by atoms with Crippen LogP contribution in [0.3, 0.4) is 0 Å². The Bertz CT molecular complexity index is 982. The average molecular weight is 444 g/mol. The van der Waals surface area contributed by atoms with Crippen molar-refractivity contribution in [1.29, 1.82) is 0 Å². The lowest BCUT2D eigenvalue weighted by atomic mass is 9.91. The van der Waals surface area contributed by atoms with Crippen molar-refractivity contribution in [2.24, 2.45) is 0 Å². The van der Waals surface area contributed by atoms with Crippen molar-refractivity contribution < 1.29 is 19.1 Å². The van der Waals surface area contributed by atoms with Crippen LogP contribution in [0.4, 0.5) is 4.79 Å². The predicted molar refractivity (Wildman–Crippen MR) is 111 cm³/mol. The SMILES string of the molecule is O=C1CO[C@H]2CCN(C(=O)N3CC(c4ccc(Oc5ccnc(Cl)n5)cc4)C3)C[C@H]2N1. The smallest absolute Gasteiger partial charge is 0.320 e. The maximum atomic E-state index is 12.9. The molecule has 3 saturated heterocycles. The van der Waals surface area contributed by atoms with Crippen LogP contribution in [0.1, 0.15) is 17.9 Å². The molecular weight excluding hydrogens is 422 g/mol. The highest BCUT2D eigenvalue weighted by molar-refractivity contribution is 6.28. The van der Waals surface area contributed by atoms with E-state index in [2.05, 4.69) is 15.3 Å². The predicted octanol–water partition coefficient (Wildman–Crippen LogP) is 2.03. The second kappa shape index (κ2) is 8.32. The molecule has 0 aliphatic carbocycles. The molecule has 0 unspecified atom stereocenters. The summed E-state index contributed by atoms with van der Waals surface area (Å²) in [4.78, 5) is 35.9. The van der Waals surface area contributed by atoms with E-state index in [9.17, 15) is 9.59 Å². The molecule has 31 heavy (non-hydrogen) atoms. The first-order valence-corrected chi connectivity index (χ1v) is 10.6. The van der Waals surface area contributed by atoms with Crippen LogP contribution in [-0.4, -0.2) is 76.6 Å². The lowest BCUT2D eigenvalue weighted by Crippen LogP contribution is -2.63. The number of ether oxygens (including phenoxy) is 2. The fourth-order valence-corrected chi connectivity index (χ4v) is 4.36. The number of nitrogens with zero attached hydrogens (tertiary/aromatic N) is 4. The first kappa shape index (κ1) is 20.0. The van der Waals surface area contributed by atoms with Crippen molar-refractivity contribution >= 4 is 23.5 Å². The Hall–Kier alpha value is -2.91. The van der Waals surface area contributed by atoms with Gasteiger partial charge in [-0.1, -0.05) is 12.1 Å². The Balaban J connectivity index is 1.13. The number of carbonyl (C=O) groups excluding carboxylic acids is 2. The van der Waals surface area contributed by atoms with Crippen LogP contribution in [0.2, 0.25) is 5.28 Å². The normalized spacial score (nSPS) is 23.6. The number of fused-ring (bicyclic) bond motifs is 1. The number of morpholine rings is 1. The Morgan fingerprint density at radius 3 is 2.74 bits per heavy atom. The number of aromatic nitrogens is 2. The summed E-state index contributed by atoms with van der Waals surface area (Å²) in [5.41, 5.74) is 1.16. The molecule has 162 valence electrons. The fourth-order valence-electron chi connectivity index (χ4n) is 4.22. The summed E-state index contributed by atoms with van der Waals surface area (Å²) in [6.45, 7) is 2.60. The minimum atomic E-state index is -0.117. The van der Waals surface area contributed by atoms with Gasteiger partial charge in [0.25, 0.3) is 0 Å². The zero-order chi connectivity index (χ0) is 21.4. The van der Waals surface area contributed by atoms with Crippen molar-refractivity contribution in [2.75, 3.05) is 32.8 Å². The van der Waals surface area contributed by atoms with E-state index in [-0.39, 0.29) is 36.0 Å². The quantitative estimate of drug-likeness (QED) is 0.729. The minimum Gasteiger partial charge on any atom is -0.439 e. The summed E-state index contributed by atoms with van der Waals surface area (Å²) >= 11 is 5.78. The molecule has 9 nitrogen and oxygen atoms in total. The summed E-state index contributed by atoms with van der Waals surface area (Å²) in [6, 6.07) is 9.32. The summed E-state index contributed by atoms with van der Waals surface area (Å²) in [5.74, 6) is 1.22. The highest BCUT2D eigenvalue weighted by Gasteiger charge is 2.40. The van der Waals surface area contributed by atoms with E-state index < -0.39 is 0 Å².